The molecule has 1 aliphatic rings. The van der Waals surface area contributed by atoms with Crippen molar-refractivity contribution in [2.45, 2.75) is 44.9 Å². The molecule has 2 N–H and O–H groups in total. The molecular weight excluding hydrogens is 336 g/mol. The van der Waals surface area contributed by atoms with Crippen molar-refractivity contribution in [2.24, 2.45) is 0 Å². The largest absolute Gasteiger partial charge is 0.326 e. The number of fused-ring (bicyclic) bond motifs is 1. The smallest absolute Gasteiger partial charge is 0.224 e. The molecule has 0 radical (unpaired) electrons. The van der Waals surface area contributed by atoms with Gasteiger partial charge >= 0.3 is 0 Å². The molecule has 5 nitrogen and oxygen atoms in total. The van der Waals surface area contributed by atoms with Crippen molar-refractivity contribution in [3.05, 3.63) is 41.6 Å². The fourth-order valence-corrected chi connectivity index (χ4v) is 3.45. The first kappa shape index (κ1) is 19.1. The predicted molar refractivity (Wildman–Crippen MR) is 108 cm³/mol. The summed E-state index contributed by atoms with van der Waals surface area (Å²) in [4.78, 5) is 12.2. The Hall–Kier alpha value is -2.71. The SMILES string of the molecule is C#CCNCCCCC(=O)Nc1cccc(-c2nncc3c2CCCC3)c1. The summed E-state index contributed by atoms with van der Waals surface area (Å²) in [5, 5.41) is 14.7. The molecule has 1 amide bonds. The predicted octanol–water partition coefficient (Wildman–Crippen LogP) is 3.35. The Bertz CT molecular complexity index is 825. The minimum Gasteiger partial charge on any atom is -0.326 e. The van der Waals surface area contributed by atoms with Gasteiger partial charge < -0.3 is 10.6 Å². The van der Waals surface area contributed by atoms with Crippen LogP contribution in [0.5, 0.6) is 0 Å². The summed E-state index contributed by atoms with van der Waals surface area (Å²) in [6.07, 6.45) is 13.9. The number of rotatable bonds is 8. The molecule has 0 atom stereocenters. The summed E-state index contributed by atoms with van der Waals surface area (Å²) >= 11 is 0. The molecule has 0 unspecified atom stereocenters. The number of aromatic nitrogens is 2. The van der Waals surface area contributed by atoms with E-state index in [0.29, 0.717) is 13.0 Å². The number of terminal acetylenes is 1. The second-order valence-electron chi connectivity index (χ2n) is 6.87. The Morgan fingerprint density at radius 3 is 3.00 bits per heavy atom. The van der Waals surface area contributed by atoms with Crippen LogP contribution in [-0.4, -0.2) is 29.2 Å². The van der Waals surface area contributed by atoms with Crippen molar-refractivity contribution in [2.75, 3.05) is 18.4 Å². The molecule has 140 valence electrons. The highest BCUT2D eigenvalue weighted by atomic mass is 16.1. The van der Waals surface area contributed by atoms with Crippen LogP contribution in [-0.2, 0) is 17.6 Å². The highest BCUT2D eigenvalue weighted by Gasteiger charge is 2.16. The lowest BCUT2D eigenvalue weighted by molar-refractivity contribution is -0.116. The summed E-state index contributed by atoms with van der Waals surface area (Å²) in [7, 11) is 0. The number of unbranched alkanes of at least 4 members (excludes halogenated alkanes) is 1. The van der Waals surface area contributed by atoms with Crippen LogP contribution in [0.3, 0.4) is 0 Å². The maximum absolute atomic E-state index is 12.2. The first-order valence-electron chi connectivity index (χ1n) is 9.66. The molecule has 1 aliphatic carbocycles. The molecule has 27 heavy (non-hydrogen) atoms. The van der Waals surface area contributed by atoms with Crippen LogP contribution in [0.1, 0.15) is 43.2 Å². The van der Waals surface area contributed by atoms with Gasteiger partial charge in [-0.2, -0.15) is 10.2 Å². The van der Waals surface area contributed by atoms with Crippen molar-refractivity contribution in [3.8, 4) is 23.6 Å². The normalized spacial score (nSPS) is 12.9. The van der Waals surface area contributed by atoms with Crippen LogP contribution in [0.25, 0.3) is 11.3 Å². The van der Waals surface area contributed by atoms with Gasteiger partial charge in [0.2, 0.25) is 5.91 Å². The molecule has 0 bridgehead atoms. The maximum Gasteiger partial charge on any atom is 0.224 e. The van der Waals surface area contributed by atoms with Gasteiger partial charge in [-0.05, 0) is 68.3 Å². The second-order valence-corrected chi connectivity index (χ2v) is 6.87. The Morgan fingerprint density at radius 2 is 2.11 bits per heavy atom. The highest BCUT2D eigenvalue weighted by Crippen LogP contribution is 2.30. The van der Waals surface area contributed by atoms with E-state index in [-0.39, 0.29) is 5.91 Å². The van der Waals surface area contributed by atoms with Crippen LogP contribution < -0.4 is 10.6 Å². The van der Waals surface area contributed by atoms with Crippen LogP contribution in [0.2, 0.25) is 0 Å². The number of hydrogen-bond acceptors (Lipinski definition) is 4. The zero-order chi connectivity index (χ0) is 18.9. The molecule has 1 aromatic carbocycles. The van der Waals surface area contributed by atoms with Gasteiger partial charge in [-0.1, -0.05) is 18.1 Å². The van der Waals surface area contributed by atoms with Crippen LogP contribution >= 0.6 is 0 Å². The van der Waals surface area contributed by atoms with E-state index in [9.17, 15) is 4.79 Å². The first-order chi connectivity index (χ1) is 13.3. The van der Waals surface area contributed by atoms with Crippen LogP contribution in [0, 0.1) is 12.3 Å². The van der Waals surface area contributed by atoms with Crippen molar-refractivity contribution < 1.29 is 4.79 Å². The van der Waals surface area contributed by atoms with Gasteiger partial charge in [0.15, 0.2) is 0 Å². The van der Waals surface area contributed by atoms with E-state index >= 15 is 0 Å². The van der Waals surface area contributed by atoms with Gasteiger partial charge in [0.05, 0.1) is 18.4 Å². The fourth-order valence-electron chi connectivity index (χ4n) is 3.45. The van der Waals surface area contributed by atoms with Crippen molar-refractivity contribution in [1.29, 1.82) is 0 Å². The third-order valence-corrected chi connectivity index (χ3v) is 4.82. The third kappa shape index (κ3) is 5.38. The minimum atomic E-state index is 0.0327. The second kappa shape index (κ2) is 9.84. The Kier molecular flexibility index (Phi) is 6.95. The Labute approximate surface area is 161 Å². The van der Waals surface area contributed by atoms with E-state index in [4.69, 9.17) is 6.42 Å². The third-order valence-electron chi connectivity index (χ3n) is 4.82. The number of benzene rings is 1. The number of nitrogens with one attached hydrogen (secondary N) is 2. The summed E-state index contributed by atoms with van der Waals surface area (Å²) in [5.41, 5.74) is 5.37. The Balaban J connectivity index is 1.60. The van der Waals surface area contributed by atoms with Gasteiger partial charge in [0, 0.05) is 17.7 Å². The molecule has 0 aliphatic heterocycles. The van der Waals surface area contributed by atoms with Gasteiger partial charge in [0.25, 0.3) is 0 Å². The molecule has 5 heteroatoms. The van der Waals surface area contributed by atoms with E-state index in [1.165, 1.54) is 24.0 Å². The number of amides is 1. The molecule has 1 heterocycles. The van der Waals surface area contributed by atoms with Gasteiger partial charge in [-0.25, -0.2) is 0 Å². The summed E-state index contributed by atoms with van der Waals surface area (Å²) < 4.78 is 0. The molecule has 0 saturated carbocycles. The number of aryl methyl sites for hydroxylation is 1. The standard InChI is InChI=1S/C22H26N4O/c1-2-13-23-14-6-5-12-21(27)25-19-10-7-9-17(15-19)22-20-11-4-3-8-18(20)16-24-26-22/h1,7,9-10,15-16,23H,3-6,8,11-14H2,(H,25,27). The van der Waals surface area contributed by atoms with Gasteiger partial charge in [-0.15, -0.1) is 6.42 Å². The number of carbonyl (C=O) groups is 1. The molecule has 0 fully saturated rings. The average molecular weight is 362 g/mol. The zero-order valence-corrected chi connectivity index (χ0v) is 15.6. The minimum absolute atomic E-state index is 0.0327. The van der Waals surface area contributed by atoms with E-state index in [0.717, 1.165) is 49.2 Å². The van der Waals surface area contributed by atoms with Crippen molar-refractivity contribution in [1.82, 2.24) is 15.5 Å². The fraction of sp³-hybridized carbons (Fsp3) is 0.409. The van der Waals surface area contributed by atoms with Crippen molar-refractivity contribution in [3.63, 3.8) is 0 Å². The Morgan fingerprint density at radius 1 is 1.22 bits per heavy atom. The number of carbonyl (C=O) groups excluding carboxylic acids is 1. The summed E-state index contributed by atoms with van der Waals surface area (Å²) in [5.74, 6) is 2.57. The van der Waals surface area contributed by atoms with Crippen molar-refractivity contribution >= 4 is 11.6 Å². The van der Waals surface area contributed by atoms with Crippen LogP contribution in [0.4, 0.5) is 5.69 Å². The summed E-state index contributed by atoms with van der Waals surface area (Å²) in [6, 6.07) is 7.90. The summed E-state index contributed by atoms with van der Waals surface area (Å²) in [6.45, 7) is 1.41. The number of anilines is 1. The molecule has 0 saturated heterocycles. The van der Waals surface area contributed by atoms with E-state index in [2.05, 4.69) is 26.8 Å². The molecular formula is C22H26N4O. The molecule has 3 rings (SSSR count). The van der Waals surface area contributed by atoms with Gasteiger partial charge in [0.1, 0.15) is 0 Å². The van der Waals surface area contributed by atoms with E-state index in [1.54, 1.807) is 0 Å². The lowest BCUT2D eigenvalue weighted by Crippen LogP contribution is -2.16. The monoisotopic (exact) mass is 362 g/mol. The van der Waals surface area contributed by atoms with Gasteiger partial charge in [-0.3, -0.25) is 4.79 Å². The lowest BCUT2D eigenvalue weighted by atomic mass is 9.90. The van der Waals surface area contributed by atoms with Crippen LogP contribution in [0.15, 0.2) is 30.5 Å². The van der Waals surface area contributed by atoms with E-state index < -0.39 is 0 Å². The maximum atomic E-state index is 12.2. The molecule has 2 aromatic rings. The zero-order valence-electron chi connectivity index (χ0n) is 15.6. The lowest BCUT2D eigenvalue weighted by Gasteiger charge is -2.18. The topological polar surface area (TPSA) is 66.9 Å². The number of hydrogen-bond donors (Lipinski definition) is 2. The van der Waals surface area contributed by atoms with E-state index in [1.807, 2.05) is 30.5 Å². The number of nitrogens with zero attached hydrogens (tertiary/aromatic N) is 2. The molecule has 0 spiro atoms. The molecule has 1 aromatic heterocycles. The highest BCUT2D eigenvalue weighted by molar-refractivity contribution is 5.91. The first-order valence-corrected chi connectivity index (χ1v) is 9.66. The quantitative estimate of drug-likeness (QED) is 0.558. The average Bonchev–Trinajstić information content (AvgIpc) is 2.70.